The van der Waals surface area contributed by atoms with E-state index in [2.05, 4.69) is 0 Å². The lowest BCUT2D eigenvalue weighted by Gasteiger charge is -2.23. The molecule has 4 nitrogen and oxygen atoms in total. The van der Waals surface area contributed by atoms with Gasteiger partial charge in [0.15, 0.2) is 9.84 Å². The monoisotopic (exact) mass is 267 g/mol. The number of hydrogen-bond donors (Lipinski definition) is 0. The number of alkyl halides is 1. The Bertz CT molecular complexity index is 336. The van der Waals surface area contributed by atoms with Gasteiger partial charge in [-0.3, -0.25) is 4.79 Å². The molecule has 0 aromatic carbocycles. The number of carbonyl (C=O) groups is 1. The van der Waals surface area contributed by atoms with Crippen LogP contribution >= 0.6 is 11.6 Å². The second kappa shape index (κ2) is 5.87. The summed E-state index contributed by atoms with van der Waals surface area (Å²) < 4.78 is 22.6. The third-order valence-electron chi connectivity index (χ3n) is 2.74. The lowest BCUT2D eigenvalue weighted by molar-refractivity contribution is -0.134. The molecule has 6 heteroatoms. The Balaban J connectivity index is 2.61. The molecule has 1 rings (SSSR count). The van der Waals surface area contributed by atoms with Gasteiger partial charge in [0.2, 0.25) is 5.91 Å². The maximum Gasteiger partial charge on any atom is 0.226 e. The van der Waals surface area contributed by atoms with Gasteiger partial charge in [-0.1, -0.05) is 6.92 Å². The van der Waals surface area contributed by atoms with Gasteiger partial charge in [0.25, 0.3) is 0 Å². The van der Waals surface area contributed by atoms with E-state index < -0.39 is 9.84 Å². The lowest BCUT2D eigenvalue weighted by Crippen LogP contribution is -2.38. The van der Waals surface area contributed by atoms with Crippen molar-refractivity contribution in [3.8, 4) is 0 Å². The van der Waals surface area contributed by atoms with Crippen LogP contribution in [0.4, 0.5) is 0 Å². The summed E-state index contributed by atoms with van der Waals surface area (Å²) >= 11 is 5.63. The lowest BCUT2D eigenvalue weighted by atomic mass is 10.1. The fraction of sp³-hybridized carbons (Fsp3) is 0.900. The second-order valence-electron chi connectivity index (χ2n) is 4.11. The maximum atomic E-state index is 12.0. The Morgan fingerprint density at radius 3 is 2.56 bits per heavy atom. The van der Waals surface area contributed by atoms with Gasteiger partial charge >= 0.3 is 0 Å². The van der Waals surface area contributed by atoms with Crippen molar-refractivity contribution in [2.24, 2.45) is 5.92 Å². The molecule has 94 valence electrons. The van der Waals surface area contributed by atoms with E-state index in [0.717, 1.165) is 6.42 Å². The molecule has 0 spiro atoms. The van der Waals surface area contributed by atoms with E-state index >= 15 is 0 Å². The van der Waals surface area contributed by atoms with Crippen molar-refractivity contribution < 1.29 is 13.2 Å². The average Bonchev–Trinajstić information content (AvgIpc) is 2.57. The van der Waals surface area contributed by atoms with Crippen LogP contribution in [0.3, 0.4) is 0 Å². The first-order chi connectivity index (χ1) is 7.50. The molecule has 1 fully saturated rings. The van der Waals surface area contributed by atoms with Crippen molar-refractivity contribution in [3.05, 3.63) is 0 Å². The van der Waals surface area contributed by atoms with E-state index in [4.69, 9.17) is 11.6 Å². The molecule has 0 aliphatic carbocycles. The first-order valence-electron chi connectivity index (χ1n) is 5.55. The summed E-state index contributed by atoms with van der Waals surface area (Å²) in [6.45, 7) is 3.15. The quantitative estimate of drug-likeness (QED) is 0.696. The Kier molecular flexibility index (Phi) is 5.05. The minimum atomic E-state index is -2.98. The molecule has 0 N–H and O–H groups in total. The fourth-order valence-corrected chi connectivity index (χ4v) is 3.89. The predicted octanol–water partition coefficient (Wildman–Crippen LogP) is 0.899. The van der Waals surface area contributed by atoms with Crippen LogP contribution in [-0.2, 0) is 14.6 Å². The zero-order valence-electron chi connectivity index (χ0n) is 9.49. The van der Waals surface area contributed by atoms with Crippen LogP contribution in [0.15, 0.2) is 0 Å². The molecule has 1 aliphatic rings. The van der Waals surface area contributed by atoms with Crippen LogP contribution in [-0.4, -0.2) is 49.7 Å². The molecule has 16 heavy (non-hydrogen) atoms. The summed E-state index contributed by atoms with van der Waals surface area (Å²) in [7, 11) is -2.98. The fourth-order valence-electron chi connectivity index (χ4n) is 1.95. The van der Waals surface area contributed by atoms with E-state index in [0.29, 0.717) is 25.4 Å². The summed E-state index contributed by atoms with van der Waals surface area (Å²) in [5.41, 5.74) is 0. The van der Waals surface area contributed by atoms with Crippen LogP contribution in [0, 0.1) is 5.92 Å². The largest absolute Gasteiger partial charge is 0.341 e. The molecular formula is C10H18ClNO3S. The van der Waals surface area contributed by atoms with Crippen LogP contribution in [0.5, 0.6) is 0 Å². The number of nitrogens with zero attached hydrogens (tertiary/aromatic N) is 1. The summed E-state index contributed by atoms with van der Waals surface area (Å²) in [5.74, 6) is 0.146. The molecule has 1 amide bonds. The molecule has 1 heterocycles. The standard InChI is InChI=1S/C10H18ClNO3S/c1-2-5-12(6-4-11)10(13)9-3-7-16(14,15)8-9/h9H,2-8H2,1H3. The van der Waals surface area contributed by atoms with Gasteiger partial charge in [-0.2, -0.15) is 0 Å². The van der Waals surface area contributed by atoms with Crippen molar-refractivity contribution >= 4 is 27.3 Å². The summed E-state index contributed by atoms with van der Waals surface area (Å²) in [4.78, 5) is 13.7. The predicted molar refractivity (Wildman–Crippen MR) is 64.4 cm³/mol. The zero-order chi connectivity index (χ0) is 12.2. The van der Waals surface area contributed by atoms with Crippen molar-refractivity contribution in [2.75, 3.05) is 30.5 Å². The maximum absolute atomic E-state index is 12.0. The van der Waals surface area contributed by atoms with Crippen LogP contribution < -0.4 is 0 Å². The molecule has 1 atom stereocenters. The van der Waals surface area contributed by atoms with Gasteiger partial charge in [0.05, 0.1) is 17.4 Å². The Hall–Kier alpha value is -0.290. The first kappa shape index (κ1) is 13.8. The zero-order valence-corrected chi connectivity index (χ0v) is 11.1. The summed E-state index contributed by atoms with van der Waals surface area (Å²) in [5, 5.41) is 0. The highest BCUT2D eigenvalue weighted by Crippen LogP contribution is 2.20. The number of carbonyl (C=O) groups excluding carboxylic acids is 1. The van der Waals surface area contributed by atoms with E-state index in [9.17, 15) is 13.2 Å². The molecule has 1 unspecified atom stereocenters. The number of halogens is 1. The summed E-state index contributed by atoms with van der Waals surface area (Å²) in [6.07, 6.45) is 1.33. The van der Waals surface area contributed by atoms with E-state index in [1.807, 2.05) is 6.92 Å². The Morgan fingerprint density at radius 1 is 1.44 bits per heavy atom. The van der Waals surface area contributed by atoms with Gasteiger partial charge in [-0.25, -0.2) is 8.42 Å². The van der Waals surface area contributed by atoms with Gasteiger partial charge in [-0.05, 0) is 12.8 Å². The molecule has 0 bridgehead atoms. The smallest absolute Gasteiger partial charge is 0.226 e. The minimum absolute atomic E-state index is 0.00827. The van der Waals surface area contributed by atoms with Crippen molar-refractivity contribution in [2.45, 2.75) is 19.8 Å². The Labute approximate surface area is 102 Å². The molecular weight excluding hydrogens is 250 g/mol. The van der Waals surface area contributed by atoms with Crippen molar-refractivity contribution in [1.82, 2.24) is 4.90 Å². The number of amides is 1. The topological polar surface area (TPSA) is 54.5 Å². The van der Waals surface area contributed by atoms with Crippen molar-refractivity contribution in [3.63, 3.8) is 0 Å². The molecule has 0 saturated carbocycles. The molecule has 0 aromatic heterocycles. The Morgan fingerprint density at radius 2 is 2.12 bits per heavy atom. The van der Waals surface area contributed by atoms with Gasteiger partial charge in [0, 0.05) is 19.0 Å². The van der Waals surface area contributed by atoms with E-state index in [1.54, 1.807) is 4.90 Å². The normalized spacial score (nSPS) is 23.2. The first-order valence-corrected chi connectivity index (χ1v) is 7.91. The van der Waals surface area contributed by atoms with Gasteiger partial charge in [-0.15, -0.1) is 11.6 Å². The highest BCUT2D eigenvalue weighted by Gasteiger charge is 2.34. The van der Waals surface area contributed by atoms with Gasteiger partial charge < -0.3 is 4.90 Å². The minimum Gasteiger partial charge on any atom is -0.341 e. The van der Waals surface area contributed by atoms with E-state index in [-0.39, 0.29) is 23.3 Å². The number of rotatable bonds is 5. The third kappa shape index (κ3) is 3.63. The highest BCUT2D eigenvalue weighted by atomic mass is 35.5. The van der Waals surface area contributed by atoms with Crippen molar-refractivity contribution in [1.29, 1.82) is 0 Å². The van der Waals surface area contributed by atoms with Gasteiger partial charge in [0.1, 0.15) is 0 Å². The molecule has 1 saturated heterocycles. The van der Waals surface area contributed by atoms with Crippen LogP contribution in [0.2, 0.25) is 0 Å². The third-order valence-corrected chi connectivity index (χ3v) is 4.68. The number of sulfone groups is 1. The SMILES string of the molecule is CCCN(CCCl)C(=O)C1CCS(=O)(=O)C1. The average molecular weight is 268 g/mol. The van der Waals surface area contributed by atoms with E-state index in [1.165, 1.54) is 0 Å². The number of hydrogen-bond acceptors (Lipinski definition) is 3. The molecule has 0 aromatic rings. The second-order valence-corrected chi connectivity index (χ2v) is 6.72. The summed E-state index contributed by atoms with van der Waals surface area (Å²) in [6, 6.07) is 0. The highest BCUT2D eigenvalue weighted by molar-refractivity contribution is 7.91. The molecule has 1 aliphatic heterocycles. The van der Waals surface area contributed by atoms with Crippen LogP contribution in [0.1, 0.15) is 19.8 Å². The molecule has 0 radical (unpaired) electrons. The van der Waals surface area contributed by atoms with Crippen LogP contribution in [0.25, 0.3) is 0 Å².